The number of halogens is 2. The van der Waals surface area contributed by atoms with E-state index in [0.29, 0.717) is 5.69 Å². The van der Waals surface area contributed by atoms with Crippen LogP contribution in [0.1, 0.15) is 48.1 Å². The van der Waals surface area contributed by atoms with Gasteiger partial charge >= 0.3 is 0 Å². The summed E-state index contributed by atoms with van der Waals surface area (Å²) < 4.78 is 30.0. The molecule has 2 aromatic heterocycles. The van der Waals surface area contributed by atoms with Gasteiger partial charge in [-0.1, -0.05) is 13.8 Å². The van der Waals surface area contributed by atoms with Crippen molar-refractivity contribution in [2.24, 2.45) is 0 Å². The Morgan fingerprint density at radius 3 is 2.55 bits per heavy atom. The topological polar surface area (TPSA) is 80.9 Å². The molecular weight excluding hydrogens is 270 g/mol. The molecule has 1 N–H and O–H groups in total. The number of anilines is 1. The minimum atomic E-state index is -2.89. The number of nitrogens with one attached hydrogen (secondary N) is 1. The molecule has 6 nitrogen and oxygen atoms in total. The second-order valence-electron chi connectivity index (χ2n) is 4.27. The van der Waals surface area contributed by atoms with Crippen molar-refractivity contribution in [1.82, 2.24) is 15.0 Å². The summed E-state index contributed by atoms with van der Waals surface area (Å²) in [6.45, 7) is 3.75. The SMILES string of the molecule is CC(C)c1nccnc1NC(=O)c1ocnc1C(F)F. The number of carbonyl (C=O) groups is 1. The summed E-state index contributed by atoms with van der Waals surface area (Å²) in [7, 11) is 0. The van der Waals surface area contributed by atoms with Gasteiger partial charge < -0.3 is 9.73 Å². The maximum absolute atomic E-state index is 12.6. The summed E-state index contributed by atoms with van der Waals surface area (Å²) in [5, 5.41) is 2.41. The van der Waals surface area contributed by atoms with E-state index >= 15 is 0 Å². The lowest BCUT2D eigenvalue weighted by atomic mass is 10.1. The maximum Gasteiger partial charge on any atom is 0.294 e. The van der Waals surface area contributed by atoms with E-state index in [0.717, 1.165) is 6.39 Å². The van der Waals surface area contributed by atoms with Gasteiger partial charge in [0.2, 0.25) is 5.76 Å². The Bertz CT molecular complexity index is 613. The highest BCUT2D eigenvalue weighted by Crippen LogP contribution is 2.23. The molecule has 0 atom stereocenters. The van der Waals surface area contributed by atoms with Crippen molar-refractivity contribution in [3.05, 3.63) is 35.9 Å². The Morgan fingerprint density at radius 1 is 1.20 bits per heavy atom. The molecule has 0 aliphatic carbocycles. The fourth-order valence-corrected chi connectivity index (χ4v) is 1.61. The molecule has 0 aliphatic heterocycles. The number of oxazole rings is 1. The Morgan fingerprint density at radius 2 is 1.90 bits per heavy atom. The Hall–Kier alpha value is -2.38. The van der Waals surface area contributed by atoms with Crippen molar-refractivity contribution in [2.45, 2.75) is 26.2 Å². The molecule has 0 unspecified atom stereocenters. The monoisotopic (exact) mass is 282 g/mol. The molecule has 0 spiro atoms. The summed E-state index contributed by atoms with van der Waals surface area (Å²) in [4.78, 5) is 23.3. The van der Waals surface area contributed by atoms with Gasteiger partial charge in [-0.15, -0.1) is 0 Å². The zero-order valence-corrected chi connectivity index (χ0v) is 10.8. The molecular formula is C12H12F2N4O2. The van der Waals surface area contributed by atoms with Crippen molar-refractivity contribution in [2.75, 3.05) is 5.32 Å². The van der Waals surface area contributed by atoms with Crippen molar-refractivity contribution in [3.63, 3.8) is 0 Å². The van der Waals surface area contributed by atoms with Gasteiger partial charge in [-0.2, -0.15) is 0 Å². The Labute approximate surface area is 113 Å². The molecule has 0 bridgehead atoms. The summed E-state index contributed by atoms with van der Waals surface area (Å²) in [6, 6.07) is 0. The van der Waals surface area contributed by atoms with Crippen LogP contribution in [0.4, 0.5) is 14.6 Å². The third kappa shape index (κ3) is 2.79. The van der Waals surface area contributed by atoms with Gasteiger partial charge in [0.05, 0.1) is 5.69 Å². The highest BCUT2D eigenvalue weighted by atomic mass is 19.3. The van der Waals surface area contributed by atoms with E-state index in [4.69, 9.17) is 4.42 Å². The van der Waals surface area contributed by atoms with Gasteiger partial charge in [0.15, 0.2) is 17.9 Å². The molecule has 0 aromatic carbocycles. The molecule has 1 amide bonds. The molecule has 20 heavy (non-hydrogen) atoms. The molecule has 8 heteroatoms. The van der Waals surface area contributed by atoms with Crippen molar-refractivity contribution in [3.8, 4) is 0 Å². The average Bonchev–Trinajstić information content (AvgIpc) is 2.88. The molecule has 0 saturated carbocycles. The zero-order valence-electron chi connectivity index (χ0n) is 10.8. The quantitative estimate of drug-likeness (QED) is 0.932. The summed E-state index contributed by atoms with van der Waals surface area (Å²) >= 11 is 0. The van der Waals surface area contributed by atoms with E-state index < -0.39 is 23.8 Å². The van der Waals surface area contributed by atoms with Crippen molar-refractivity contribution in [1.29, 1.82) is 0 Å². The van der Waals surface area contributed by atoms with Crippen molar-refractivity contribution < 1.29 is 18.0 Å². The number of amides is 1. The summed E-state index contributed by atoms with van der Waals surface area (Å²) in [6.07, 6.45) is 0.803. The number of alkyl halides is 2. The Kier molecular flexibility index (Phi) is 4.02. The predicted octanol–water partition coefficient (Wildman–Crippen LogP) is 2.78. The first-order valence-electron chi connectivity index (χ1n) is 5.84. The maximum atomic E-state index is 12.6. The first kappa shape index (κ1) is 14.0. The number of carbonyl (C=O) groups excluding carboxylic acids is 1. The van der Waals surface area contributed by atoms with Crippen molar-refractivity contribution >= 4 is 11.7 Å². The molecule has 0 fully saturated rings. The normalized spacial score (nSPS) is 11.1. The van der Waals surface area contributed by atoms with Crippen LogP contribution in [0.5, 0.6) is 0 Å². The number of rotatable bonds is 4. The third-order valence-electron chi connectivity index (χ3n) is 2.51. The molecule has 2 rings (SSSR count). The lowest BCUT2D eigenvalue weighted by molar-refractivity contribution is 0.0976. The fourth-order valence-electron chi connectivity index (χ4n) is 1.61. The van der Waals surface area contributed by atoms with Crippen LogP contribution in [-0.2, 0) is 0 Å². The first-order chi connectivity index (χ1) is 9.50. The van der Waals surface area contributed by atoms with E-state index in [-0.39, 0.29) is 11.7 Å². The van der Waals surface area contributed by atoms with E-state index in [2.05, 4.69) is 20.3 Å². The lowest BCUT2D eigenvalue weighted by Crippen LogP contribution is -2.16. The van der Waals surface area contributed by atoms with Crippen LogP contribution >= 0.6 is 0 Å². The largest absolute Gasteiger partial charge is 0.438 e. The van der Waals surface area contributed by atoms with Gasteiger partial charge in [-0.3, -0.25) is 9.78 Å². The molecule has 2 aromatic rings. The van der Waals surface area contributed by atoms with Crippen LogP contribution in [0, 0.1) is 0 Å². The summed E-state index contributed by atoms with van der Waals surface area (Å²) in [5.41, 5.74) is -0.142. The highest BCUT2D eigenvalue weighted by molar-refractivity contribution is 6.02. The van der Waals surface area contributed by atoms with Gasteiger partial charge in [0.1, 0.15) is 0 Å². The average molecular weight is 282 g/mol. The molecule has 106 valence electrons. The van der Waals surface area contributed by atoms with Gasteiger partial charge in [-0.25, -0.2) is 18.7 Å². The third-order valence-corrected chi connectivity index (χ3v) is 2.51. The smallest absolute Gasteiger partial charge is 0.294 e. The highest BCUT2D eigenvalue weighted by Gasteiger charge is 2.25. The second-order valence-corrected chi connectivity index (χ2v) is 4.27. The van der Waals surface area contributed by atoms with E-state index in [9.17, 15) is 13.6 Å². The number of aromatic nitrogens is 3. The van der Waals surface area contributed by atoms with Crippen LogP contribution in [0.2, 0.25) is 0 Å². The molecule has 0 saturated heterocycles. The first-order valence-corrected chi connectivity index (χ1v) is 5.84. The summed E-state index contributed by atoms with van der Waals surface area (Å²) in [5.74, 6) is -1.13. The second kappa shape index (κ2) is 5.72. The van der Waals surface area contributed by atoms with Gasteiger partial charge in [0.25, 0.3) is 12.3 Å². The van der Waals surface area contributed by atoms with Crippen LogP contribution < -0.4 is 5.32 Å². The molecule has 0 radical (unpaired) electrons. The minimum Gasteiger partial charge on any atom is -0.438 e. The van der Waals surface area contributed by atoms with E-state index in [1.807, 2.05) is 13.8 Å². The van der Waals surface area contributed by atoms with Gasteiger partial charge in [-0.05, 0) is 5.92 Å². The lowest BCUT2D eigenvalue weighted by Gasteiger charge is -2.10. The predicted molar refractivity (Wildman–Crippen MR) is 65.5 cm³/mol. The number of hydrogen-bond donors (Lipinski definition) is 1. The van der Waals surface area contributed by atoms with Crippen LogP contribution in [-0.4, -0.2) is 20.9 Å². The molecule has 2 heterocycles. The number of hydrogen-bond acceptors (Lipinski definition) is 5. The van der Waals surface area contributed by atoms with Crippen LogP contribution in [0.3, 0.4) is 0 Å². The van der Waals surface area contributed by atoms with Crippen LogP contribution in [0.15, 0.2) is 23.2 Å². The number of nitrogens with zero attached hydrogens (tertiary/aromatic N) is 3. The van der Waals surface area contributed by atoms with E-state index in [1.165, 1.54) is 12.4 Å². The molecule has 0 aliphatic rings. The minimum absolute atomic E-state index is 0.0169. The van der Waals surface area contributed by atoms with E-state index in [1.54, 1.807) is 0 Å². The zero-order chi connectivity index (χ0) is 14.7. The standard InChI is InChI=1S/C12H12F2N4O2/c1-6(2)7-11(16-4-3-15-7)18-12(19)9-8(10(13)14)17-5-20-9/h3-6,10H,1-2H3,(H,16,18,19). The Balaban J connectivity index is 2.26. The fraction of sp³-hybridized carbons (Fsp3) is 0.333. The van der Waals surface area contributed by atoms with Gasteiger partial charge in [0, 0.05) is 12.4 Å². The van der Waals surface area contributed by atoms with Crippen LogP contribution in [0.25, 0.3) is 0 Å².